The Labute approximate surface area is 205 Å². The quantitative estimate of drug-likeness (QED) is 0.271. The third kappa shape index (κ3) is 6.74. The molecule has 0 amide bonds. The number of rotatable bonds is 14. The summed E-state index contributed by atoms with van der Waals surface area (Å²) >= 11 is 0. The van der Waals surface area contributed by atoms with Crippen LogP contribution in [0.3, 0.4) is 0 Å². The highest BCUT2D eigenvalue weighted by Crippen LogP contribution is 2.54. The first-order chi connectivity index (χ1) is 15.8. The van der Waals surface area contributed by atoms with E-state index in [1.54, 1.807) is 11.1 Å². The SMILES string of the molecule is CC(C)CCCC(C)CCC1(CCC(C)CCCC(C)C)c2ccccc2-c2ccccc21. The van der Waals surface area contributed by atoms with E-state index < -0.39 is 0 Å². The zero-order chi connectivity index (χ0) is 23.8. The summed E-state index contributed by atoms with van der Waals surface area (Å²) in [6, 6.07) is 18.6. The van der Waals surface area contributed by atoms with Gasteiger partial charge in [0.1, 0.15) is 0 Å². The van der Waals surface area contributed by atoms with Crippen LogP contribution in [0.25, 0.3) is 11.1 Å². The predicted octanol–water partition coefficient (Wildman–Crippen LogP) is 10.4. The largest absolute Gasteiger partial charge is 0.0628 e. The monoisotopic (exact) mass is 446 g/mol. The minimum atomic E-state index is 0.200. The molecule has 2 aromatic rings. The van der Waals surface area contributed by atoms with Gasteiger partial charge in [0.25, 0.3) is 0 Å². The Balaban J connectivity index is 1.79. The van der Waals surface area contributed by atoms with Gasteiger partial charge in [0.05, 0.1) is 0 Å². The normalized spacial score (nSPS) is 16.1. The van der Waals surface area contributed by atoms with Crippen LogP contribution in [0.5, 0.6) is 0 Å². The van der Waals surface area contributed by atoms with Crippen LogP contribution in [0.15, 0.2) is 48.5 Å². The van der Waals surface area contributed by atoms with E-state index in [0.29, 0.717) is 0 Å². The minimum absolute atomic E-state index is 0.200. The van der Waals surface area contributed by atoms with Crippen molar-refractivity contribution in [3.63, 3.8) is 0 Å². The van der Waals surface area contributed by atoms with E-state index in [-0.39, 0.29) is 5.41 Å². The molecule has 2 aromatic carbocycles. The molecule has 3 rings (SSSR count). The maximum atomic E-state index is 2.50. The number of fused-ring (bicyclic) bond motifs is 3. The van der Waals surface area contributed by atoms with Crippen molar-refractivity contribution < 1.29 is 0 Å². The first-order valence-electron chi connectivity index (χ1n) is 14.0. The highest BCUT2D eigenvalue weighted by Gasteiger charge is 2.42. The van der Waals surface area contributed by atoms with E-state index >= 15 is 0 Å². The minimum Gasteiger partial charge on any atom is -0.0628 e. The molecule has 0 heterocycles. The maximum absolute atomic E-state index is 2.50. The van der Waals surface area contributed by atoms with Crippen molar-refractivity contribution in [2.75, 3.05) is 0 Å². The molecule has 0 bridgehead atoms. The lowest BCUT2D eigenvalue weighted by atomic mass is 9.69. The molecule has 0 heteroatoms. The summed E-state index contributed by atoms with van der Waals surface area (Å²) in [5.41, 5.74) is 6.40. The van der Waals surface area contributed by atoms with E-state index in [1.807, 2.05) is 0 Å². The molecule has 1 aliphatic rings. The second-order valence-corrected chi connectivity index (χ2v) is 12.1. The molecule has 0 saturated heterocycles. The second-order valence-electron chi connectivity index (χ2n) is 12.1. The molecular formula is C33H50. The zero-order valence-electron chi connectivity index (χ0n) is 22.5. The number of hydrogen-bond donors (Lipinski definition) is 0. The highest BCUT2D eigenvalue weighted by molar-refractivity contribution is 5.80. The molecule has 33 heavy (non-hydrogen) atoms. The molecule has 0 fully saturated rings. The predicted molar refractivity (Wildman–Crippen MR) is 147 cm³/mol. The fraction of sp³-hybridized carbons (Fsp3) is 0.636. The third-order valence-electron chi connectivity index (χ3n) is 8.26. The van der Waals surface area contributed by atoms with Crippen molar-refractivity contribution in [2.45, 2.75) is 111 Å². The van der Waals surface area contributed by atoms with E-state index in [9.17, 15) is 0 Å². The molecular weight excluding hydrogens is 396 g/mol. The molecule has 0 radical (unpaired) electrons. The lowest BCUT2D eigenvalue weighted by molar-refractivity contribution is 0.327. The zero-order valence-corrected chi connectivity index (χ0v) is 22.5. The van der Waals surface area contributed by atoms with Gasteiger partial charge in [-0.05, 0) is 71.6 Å². The highest BCUT2D eigenvalue weighted by atomic mass is 14.4. The van der Waals surface area contributed by atoms with Crippen LogP contribution in [-0.2, 0) is 5.41 Å². The van der Waals surface area contributed by atoms with Gasteiger partial charge < -0.3 is 0 Å². The second kappa shape index (κ2) is 12.2. The molecule has 0 N–H and O–H groups in total. The summed E-state index contributed by atoms with van der Waals surface area (Å²) in [7, 11) is 0. The first-order valence-corrected chi connectivity index (χ1v) is 14.0. The van der Waals surface area contributed by atoms with Gasteiger partial charge >= 0.3 is 0 Å². The Morgan fingerprint density at radius 1 is 0.515 bits per heavy atom. The van der Waals surface area contributed by atoms with Gasteiger partial charge in [0, 0.05) is 5.41 Å². The Hall–Kier alpha value is -1.56. The number of hydrogen-bond acceptors (Lipinski definition) is 0. The van der Waals surface area contributed by atoms with Crippen LogP contribution in [-0.4, -0.2) is 0 Å². The molecule has 2 atom stereocenters. The Kier molecular flexibility index (Phi) is 9.66. The Bertz CT molecular complexity index is 771. The van der Waals surface area contributed by atoms with Gasteiger partial charge in [-0.3, -0.25) is 0 Å². The maximum Gasteiger partial charge on any atom is 0.0215 e. The van der Waals surface area contributed by atoms with Crippen molar-refractivity contribution in [1.82, 2.24) is 0 Å². The van der Waals surface area contributed by atoms with Gasteiger partial charge in [-0.25, -0.2) is 0 Å². The van der Waals surface area contributed by atoms with Crippen LogP contribution in [0.1, 0.15) is 117 Å². The van der Waals surface area contributed by atoms with Gasteiger partial charge in [0.2, 0.25) is 0 Å². The van der Waals surface area contributed by atoms with Gasteiger partial charge in [0.15, 0.2) is 0 Å². The summed E-state index contributed by atoms with van der Waals surface area (Å²) in [5, 5.41) is 0. The molecule has 0 aromatic heterocycles. The van der Waals surface area contributed by atoms with E-state index in [1.165, 1.54) is 75.3 Å². The van der Waals surface area contributed by atoms with E-state index in [2.05, 4.69) is 90.1 Å². The molecule has 182 valence electrons. The standard InChI is InChI=1S/C33H50/c1-25(2)13-11-15-27(5)21-23-33(24-22-28(6)16-12-14-26(3)4)31-19-9-7-17-29(31)30-18-8-10-20-32(30)33/h7-10,17-20,25-28H,11-16,21-24H2,1-6H3. The summed E-state index contributed by atoms with van der Waals surface area (Å²) in [6.45, 7) is 14.4. The van der Waals surface area contributed by atoms with Crippen LogP contribution in [0, 0.1) is 23.7 Å². The van der Waals surface area contributed by atoms with Crippen molar-refractivity contribution in [1.29, 1.82) is 0 Å². The van der Waals surface area contributed by atoms with Crippen molar-refractivity contribution in [3.05, 3.63) is 59.7 Å². The fourth-order valence-electron chi connectivity index (χ4n) is 6.10. The molecule has 0 saturated carbocycles. The summed E-state index contributed by atoms with van der Waals surface area (Å²) in [5.74, 6) is 3.27. The average molecular weight is 447 g/mol. The van der Waals surface area contributed by atoms with Gasteiger partial charge in [-0.2, -0.15) is 0 Å². The van der Waals surface area contributed by atoms with E-state index in [0.717, 1.165) is 23.7 Å². The summed E-state index contributed by atoms with van der Waals surface area (Å²) < 4.78 is 0. The van der Waals surface area contributed by atoms with Crippen LogP contribution >= 0.6 is 0 Å². The summed E-state index contributed by atoms with van der Waals surface area (Å²) in [6.07, 6.45) is 13.5. The summed E-state index contributed by atoms with van der Waals surface area (Å²) in [4.78, 5) is 0. The van der Waals surface area contributed by atoms with Gasteiger partial charge in [-0.1, -0.05) is 129 Å². The lowest BCUT2D eigenvalue weighted by Gasteiger charge is -2.34. The van der Waals surface area contributed by atoms with Crippen molar-refractivity contribution in [2.24, 2.45) is 23.7 Å². The number of benzene rings is 2. The molecule has 0 nitrogen and oxygen atoms in total. The topological polar surface area (TPSA) is 0 Å². The third-order valence-corrected chi connectivity index (χ3v) is 8.26. The fourth-order valence-corrected chi connectivity index (χ4v) is 6.10. The smallest absolute Gasteiger partial charge is 0.0215 e. The Morgan fingerprint density at radius 2 is 0.909 bits per heavy atom. The Morgan fingerprint density at radius 3 is 1.30 bits per heavy atom. The molecule has 0 aliphatic heterocycles. The van der Waals surface area contributed by atoms with E-state index in [4.69, 9.17) is 0 Å². The van der Waals surface area contributed by atoms with Crippen LogP contribution < -0.4 is 0 Å². The van der Waals surface area contributed by atoms with Crippen molar-refractivity contribution >= 4 is 0 Å². The molecule has 1 aliphatic carbocycles. The van der Waals surface area contributed by atoms with Crippen molar-refractivity contribution in [3.8, 4) is 11.1 Å². The van der Waals surface area contributed by atoms with Crippen LogP contribution in [0.4, 0.5) is 0 Å². The molecule has 0 spiro atoms. The average Bonchev–Trinajstić information content (AvgIpc) is 3.06. The molecule has 2 unspecified atom stereocenters. The lowest BCUT2D eigenvalue weighted by Crippen LogP contribution is -2.27. The first kappa shape index (κ1) is 26.1. The van der Waals surface area contributed by atoms with Crippen LogP contribution in [0.2, 0.25) is 0 Å². The van der Waals surface area contributed by atoms with Gasteiger partial charge in [-0.15, -0.1) is 0 Å².